The van der Waals surface area contributed by atoms with Crippen LogP contribution in [-0.2, 0) is 10.1 Å². The van der Waals surface area contributed by atoms with E-state index in [0.29, 0.717) is 13.1 Å². The zero-order valence-electron chi connectivity index (χ0n) is 10.6. The van der Waals surface area contributed by atoms with E-state index < -0.39 is 15.6 Å². The van der Waals surface area contributed by atoms with Crippen LogP contribution in [0.4, 0.5) is 13.2 Å². The normalized spacial score (nSPS) is 12.2. The monoisotopic (exact) mass is 311 g/mol. The fraction of sp³-hybridized carbons (Fsp3) is 1.00. The smallest absolute Gasteiger partial charge is 0.395 e. The third-order valence-electron chi connectivity index (χ3n) is 1.95. The van der Waals surface area contributed by atoms with Gasteiger partial charge >= 0.3 is 15.6 Å². The van der Waals surface area contributed by atoms with Gasteiger partial charge in [0.05, 0.1) is 13.2 Å². The van der Waals surface area contributed by atoms with E-state index in [2.05, 4.69) is 11.8 Å². The molecular formula is C9H20F3NO5S. The Morgan fingerprint density at radius 2 is 1.42 bits per heavy atom. The lowest BCUT2D eigenvalue weighted by Gasteiger charge is -2.19. The molecule has 0 aromatic heterocycles. The highest BCUT2D eigenvalue weighted by Crippen LogP contribution is 2.20. The number of alkyl halides is 3. The molecule has 0 bridgehead atoms. The molecule has 0 aliphatic heterocycles. The molecule has 0 atom stereocenters. The Kier molecular flexibility index (Phi) is 11.4. The van der Waals surface area contributed by atoms with Gasteiger partial charge in [-0.3, -0.25) is 9.45 Å². The van der Waals surface area contributed by atoms with Crippen molar-refractivity contribution in [3.8, 4) is 0 Å². The molecule has 0 fully saturated rings. The minimum absolute atomic E-state index is 0.184. The summed E-state index contributed by atoms with van der Waals surface area (Å²) in [6.07, 6.45) is 2.30. The van der Waals surface area contributed by atoms with Crippen LogP contribution in [0.3, 0.4) is 0 Å². The maximum atomic E-state index is 10.7. The molecule has 0 aliphatic carbocycles. The van der Waals surface area contributed by atoms with Crippen LogP contribution in [0.25, 0.3) is 0 Å². The van der Waals surface area contributed by atoms with Gasteiger partial charge in [0.15, 0.2) is 0 Å². The summed E-state index contributed by atoms with van der Waals surface area (Å²) in [5.41, 5.74) is -5.53. The lowest BCUT2D eigenvalue weighted by Crippen LogP contribution is -2.30. The standard InChI is InChI=1S/C8H19NO2.CHF3O3S/c1-2-3-4-9(5-7-10)6-8-11;2-1(3,4)8(5,6)7/h10-11H,2-8H2,1H3;(H,5,6,7). The quantitative estimate of drug-likeness (QED) is 0.467. The van der Waals surface area contributed by atoms with Crippen molar-refractivity contribution in [1.82, 2.24) is 4.90 Å². The van der Waals surface area contributed by atoms with Gasteiger partial charge in [-0.2, -0.15) is 21.6 Å². The Hall–Kier alpha value is -0.420. The summed E-state index contributed by atoms with van der Waals surface area (Å²) in [6, 6.07) is 0. The summed E-state index contributed by atoms with van der Waals surface area (Å²) in [4.78, 5) is 2.07. The van der Waals surface area contributed by atoms with Gasteiger partial charge in [-0.25, -0.2) is 0 Å². The zero-order chi connectivity index (χ0) is 15.5. The molecule has 10 heteroatoms. The molecule has 3 N–H and O–H groups in total. The van der Waals surface area contributed by atoms with Crippen molar-refractivity contribution < 1.29 is 36.4 Å². The molecule has 0 aromatic carbocycles. The second kappa shape index (κ2) is 10.4. The van der Waals surface area contributed by atoms with Gasteiger partial charge in [0.25, 0.3) is 0 Å². The van der Waals surface area contributed by atoms with Crippen molar-refractivity contribution >= 4 is 10.1 Å². The molecule has 6 nitrogen and oxygen atoms in total. The molecule has 0 unspecified atom stereocenters. The number of nitrogens with zero attached hydrogens (tertiary/aromatic N) is 1. The van der Waals surface area contributed by atoms with Crippen molar-refractivity contribution in [2.45, 2.75) is 25.3 Å². The molecule has 0 saturated carbocycles. The molecular weight excluding hydrogens is 291 g/mol. The van der Waals surface area contributed by atoms with E-state index in [0.717, 1.165) is 19.4 Å². The van der Waals surface area contributed by atoms with Crippen LogP contribution < -0.4 is 0 Å². The van der Waals surface area contributed by atoms with Crippen LogP contribution in [0.2, 0.25) is 0 Å². The van der Waals surface area contributed by atoms with Gasteiger partial charge in [0.2, 0.25) is 0 Å². The first-order valence-electron chi connectivity index (χ1n) is 5.58. The fourth-order valence-corrected chi connectivity index (χ4v) is 1.000. The highest BCUT2D eigenvalue weighted by atomic mass is 32.2. The number of hydrogen-bond acceptors (Lipinski definition) is 5. The zero-order valence-corrected chi connectivity index (χ0v) is 11.4. The predicted molar refractivity (Wildman–Crippen MR) is 63.1 cm³/mol. The Bertz CT molecular complexity index is 301. The van der Waals surface area contributed by atoms with E-state index in [1.807, 2.05) is 0 Å². The maximum Gasteiger partial charge on any atom is 0.522 e. The van der Waals surface area contributed by atoms with E-state index in [1.165, 1.54) is 0 Å². The molecule has 0 aliphatic rings. The summed E-state index contributed by atoms with van der Waals surface area (Å²) in [5.74, 6) is 0. The average molecular weight is 311 g/mol. The van der Waals surface area contributed by atoms with Crippen molar-refractivity contribution in [2.24, 2.45) is 0 Å². The number of unbranched alkanes of at least 4 members (excludes halogenated alkanes) is 1. The molecule has 0 spiro atoms. The van der Waals surface area contributed by atoms with Crippen molar-refractivity contribution in [2.75, 3.05) is 32.8 Å². The van der Waals surface area contributed by atoms with Crippen LogP contribution in [0, 0.1) is 0 Å². The molecule has 19 heavy (non-hydrogen) atoms. The molecule has 0 rings (SSSR count). The highest BCUT2D eigenvalue weighted by Gasteiger charge is 2.44. The van der Waals surface area contributed by atoms with Crippen LogP contribution in [0.5, 0.6) is 0 Å². The second-order valence-electron chi connectivity index (χ2n) is 3.56. The molecule has 0 radical (unpaired) electrons. The second-order valence-corrected chi connectivity index (χ2v) is 4.98. The Morgan fingerprint density at radius 1 is 1.05 bits per heavy atom. The number of hydrogen-bond donors (Lipinski definition) is 3. The number of rotatable bonds is 7. The predicted octanol–water partition coefficient (Wildman–Crippen LogP) is 0.467. The van der Waals surface area contributed by atoms with Gasteiger partial charge in [-0.15, -0.1) is 0 Å². The Morgan fingerprint density at radius 3 is 1.63 bits per heavy atom. The first-order chi connectivity index (χ1) is 8.60. The average Bonchev–Trinajstić information content (AvgIpc) is 2.24. The fourth-order valence-electron chi connectivity index (χ4n) is 1.000. The molecule has 0 aromatic rings. The highest BCUT2D eigenvalue weighted by molar-refractivity contribution is 7.86. The first-order valence-corrected chi connectivity index (χ1v) is 7.02. The summed E-state index contributed by atoms with van der Waals surface area (Å²) >= 11 is 0. The van der Waals surface area contributed by atoms with Crippen LogP contribution >= 0.6 is 0 Å². The van der Waals surface area contributed by atoms with E-state index in [4.69, 9.17) is 23.2 Å². The Balaban J connectivity index is 0. The van der Waals surface area contributed by atoms with Gasteiger partial charge in [-0.1, -0.05) is 13.3 Å². The van der Waals surface area contributed by atoms with Crippen LogP contribution in [0.1, 0.15) is 19.8 Å². The molecule has 0 heterocycles. The third-order valence-corrected chi connectivity index (χ3v) is 2.54. The summed E-state index contributed by atoms with van der Waals surface area (Å²) in [5, 5.41) is 17.3. The first kappa shape index (κ1) is 20.9. The van der Waals surface area contributed by atoms with E-state index in [-0.39, 0.29) is 13.2 Å². The largest absolute Gasteiger partial charge is 0.522 e. The summed E-state index contributed by atoms with van der Waals surface area (Å²) in [6.45, 7) is 4.85. The van der Waals surface area contributed by atoms with Crippen molar-refractivity contribution in [1.29, 1.82) is 0 Å². The third kappa shape index (κ3) is 12.4. The van der Waals surface area contributed by atoms with E-state index >= 15 is 0 Å². The van der Waals surface area contributed by atoms with Crippen LogP contribution in [-0.4, -0.2) is 66.4 Å². The van der Waals surface area contributed by atoms with Gasteiger partial charge < -0.3 is 10.2 Å². The number of aliphatic hydroxyl groups is 2. The SMILES string of the molecule is CCCCN(CCO)CCO.O=S(=O)(O)C(F)(F)F. The molecule has 0 saturated heterocycles. The van der Waals surface area contributed by atoms with E-state index in [1.54, 1.807) is 0 Å². The van der Waals surface area contributed by atoms with Gasteiger partial charge in [0.1, 0.15) is 0 Å². The Labute approximate surface area is 110 Å². The topological polar surface area (TPSA) is 98.1 Å². The lowest BCUT2D eigenvalue weighted by atomic mass is 10.3. The summed E-state index contributed by atoms with van der Waals surface area (Å²) in [7, 11) is -5.84. The molecule has 118 valence electrons. The number of halogens is 3. The van der Waals surface area contributed by atoms with Gasteiger partial charge in [-0.05, 0) is 13.0 Å². The summed E-state index contributed by atoms with van der Waals surface area (Å²) < 4.78 is 57.5. The van der Waals surface area contributed by atoms with E-state index in [9.17, 15) is 13.2 Å². The number of aliphatic hydroxyl groups excluding tert-OH is 2. The van der Waals surface area contributed by atoms with Crippen molar-refractivity contribution in [3.63, 3.8) is 0 Å². The van der Waals surface area contributed by atoms with Crippen molar-refractivity contribution in [3.05, 3.63) is 0 Å². The minimum atomic E-state index is -5.84. The van der Waals surface area contributed by atoms with Gasteiger partial charge in [0, 0.05) is 13.1 Å². The maximum absolute atomic E-state index is 10.7. The van der Waals surface area contributed by atoms with Crippen LogP contribution in [0.15, 0.2) is 0 Å². The lowest BCUT2D eigenvalue weighted by molar-refractivity contribution is -0.0510. The molecule has 0 amide bonds. The minimum Gasteiger partial charge on any atom is -0.395 e.